The van der Waals surface area contributed by atoms with Gasteiger partial charge in [-0.15, -0.1) is 5.10 Å². The maximum atomic E-state index is 11.5. The van der Waals surface area contributed by atoms with Gasteiger partial charge in [-0.05, 0) is 102 Å². The van der Waals surface area contributed by atoms with Crippen molar-refractivity contribution in [3.63, 3.8) is 0 Å². The molecule has 0 saturated carbocycles. The number of nitrogens with one attached hydrogen (secondary N) is 2. The minimum atomic E-state index is -3.80. The van der Waals surface area contributed by atoms with E-state index >= 15 is 0 Å². The van der Waals surface area contributed by atoms with Crippen LogP contribution in [0.3, 0.4) is 0 Å². The van der Waals surface area contributed by atoms with Crippen LogP contribution in [0.5, 0.6) is 11.5 Å². The molecule has 0 unspecified atom stereocenters. The number of nitrogens with two attached hydrogens (primary N) is 1. The Balaban J connectivity index is 1.03. The van der Waals surface area contributed by atoms with Crippen molar-refractivity contribution in [2.24, 2.45) is 5.14 Å². The van der Waals surface area contributed by atoms with E-state index in [1.54, 1.807) is 28.9 Å². The highest BCUT2D eigenvalue weighted by Gasteiger charge is 2.09. The average Bonchev–Trinajstić information content (AvgIpc) is 3.44. The second-order valence-corrected chi connectivity index (χ2v) is 12.2. The minimum absolute atomic E-state index is 0.00326. The van der Waals surface area contributed by atoms with Crippen molar-refractivity contribution in [2.75, 3.05) is 43.7 Å². The highest BCUT2D eigenvalue weighted by molar-refractivity contribution is 14.1. The number of halogens is 1. The second-order valence-electron chi connectivity index (χ2n) is 8.97. The van der Waals surface area contributed by atoms with Crippen LogP contribution >= 0.6 is 34.8 Å². The van der Waals surface area contributed by atoms with Gasteiger partial charge in [0, 0.05) is 14.9 Å². The highest BCUT2D eigenvalue weighted by Crippen LogP contribution is 2.18. The number of benzene rings is 3. The molecule has 0 radical (unpaired) electrons. The third kappa shape index (κ3) is 11.7. The maximum absolute atomic E-state index is 11.5. The van der Waals surface area contributed by atoms with Gasteiger partial charge in [0.2, 0.25) is 10.0 Å². The molecule has 15 heteroatoms. The molecule has 228 valence electrons. The summed E-state index contributed by atoms with van der Waals surface area (Å²) in [6, 6.07) is 21.2. The van der Waals surface area contributed by atoms with Crippen LogP contribution in [-0.4, -0.2) is 61.6 Å². The molecule has 4 N–H and O–H groups in total. The van der Waals surface area contributed by atoms with Crippen molar-refractivity contribution >= 4 is 61.3 Å². The van der Waals surface area contributed by atoms with E-state index in [1.165, 1.54) is 12.1 Å². The Hall–Kier alpha value is -3.35. The molecular weight excluding hydrogens is 707 g/mol. The Bertz CT molecular complexity index is 1570. The summed E-state index contributed by atoms with van der Waals surface area (Å²) in [6.45, 7) is 3.13. The molecule has 4 rings (SSSR count). The molecule has 0 amide bonds. The quantitative estimate of drug-likeness (QED) is 0.0869. The Morgan fingerprint density at radius 3 is 2.26 bits per heavy atom. The normalized spacial score (nSPS) is 11.2. The molecule has 4 aromatic rings. The van der Waals surface area contributed by atoms with E-state index in [1.807, 2.05) is 42.6 Å². The lowest BCUT2D eigenvalue weighted by molar-refractivity contribution is 0.0333. The average molecular weight is 739 g/mol. The van der Waals surface area contributed by atoms with E-state index in [4.69, 9.17) is 36.3 Å². The number of nitrogens with zero attached hydrogens (tertiary/aromatic N) is 3. The molecule has 0 aliphatic rings. The van der Waals surface area contributed by atoms with Crippen LogP contribution in [-0.2, 0) is 32.6 Å². The third-order valence-electron chi connectivity index (χ3n) is 5.65. The number of rotatable bonds is 16. The second kappa shape index (κ2) is 16.5. The van der Waals surface area contributed by atoms with Crippen molar-refractivity contribution in [3.8, 4) is 11.5 Å². The molecule has 12 nitrogen and oxygen atoms in total. The monoisotopic (exact) mass is 738 g/mol. The number of primary sulfonamides is 1. The zero-order chi connectivity index (χ0) is 30.5. The van der Waals surface area contributed by atoms with Crippen LogP contribution in [0.1, 0.15) is 5.69 Å². The number of anilines is 2. The molecule has 43 heavy (non-hydrogen) atoms. The SMILES string of the molecule is NS(=O)(=O)c1cccc(NC(=S)Nc2ccc(OCCOCCOCCn3cc(COc4ccc(I)cc4)nn3)cc2)c1. The van der Waals surface area contributed by atoms with Crippen LogP contribution in [0.25, 0.3) is 0 Å². The summed E-state index contributed by atoms with van der Waals surface area (Å²) in [5.74, 6) is 1.47. The summed E-state index contributed by atoms with van der Waals surface area (Å²) in [5, 5.41) is 19.7. The number of ether oxygens (including phenoxy) is 4. The first-order chi connectivity index (χ1) is 20.7. The van der Waals surface area contributed by atoms with Gasteiger partial charge in [0.05, 0.1) is 44.1 Å². The molecule has 0 aliphatic heterocycles. The topological polar surface area (TPSA) is 152 Å². The predicted molar refractivity (Wildman–Crippen MR) is 175 cm³/mol. The Morgan fingerprint density at radius 2 is 1.51 bits per heavy atom. The van der Waals surface area contributed by atoms with Gasteiger partial charge in [0.1, 0.15) is 30.4 Å². The smallest absolute Gasteiger partial charge is 0.238 e. The zero-order valence-corrected chi connectivity index (χ0v) is 26.8. The molecule has 0 spiro atoms. The van der Waals surface area contributed by atoms with Gasteiger partial charge in [-0.25, -0.2) is 18.2 Å². The van der Waals surface area contributed by atoms with E-state index in [0.29, 0.717) is 62.7 Å². The van der Waals surface area contributed by atoms with Crippen molar-refractivity contribution in [1.29, 1.82) is 0 Å². The molecule has 0 aliphatic carbocycles. The largest absolute Gasteiger partial charge is 0.491 e. The van der Waals surface area contributed by atoms with Gasteiger partial charge in [-0.3, -0.25) is 0 Å². The Kier molecular flexibility index (Phi) is 12.5. The molecule has 1 heterocycles. The molecule has 0 bridgehead atoms. The van der Waals surface area contributed by atoms with Gasteiger partial charge >= 0.3 is 0 Å². The molecule has 1 aromatic heterocycles. The highest BCUT2D eigenvalue weighted by atomic mass is 127. The van der Waals surface area contributed by atoms with Crippen LogP contribution in [0.4, 0.5) is 11.4 Å². The fourth-order valence-electron chi connectivity index (χ4n) is 3.58. The molecule has 0 fully saturated rings. The van der Waals surface area contributed by atoms with Crippen LogP contribution < -0.4 is 25.2 Å². The standard InChI is InChI=1S/C28H31IN6O6S2/c29-21-4-8-26(9-5-21)41-20-24-19-35(34-33-24)12-13-38-14-15-39-16-17-40-25-10-6-22(7-11-25)31-28(42)32-23-2-1-3-27(18-23)43(30,36)37/h1-11,18-19H,12-17,20H2,(H2,30,36,37)(H2,31,32,42). The molecule has 0 atom stereocenters. The van der Waals surface area contributed by atoms with Gasteiger partial charge in [-0.1, -0.05) is 11.3 Å². The summed E-state index contributed by atoms with van der Waals surface area (Å²) >= 11 is 7.56. The minimum Gasteiger partial charge on any atom is -0.491 e. The molecule has 0 saturated heterocycles. The lowest BCUT2D eigenvalue weighted by atomic mass is 10.3. The molecular formula is C28H31IN6O6S2. The third-order valence-corrected chi connectivity index (χ3v) is 7.49. The lowest BCUT2D eigenvalue weighted by Gasteiger charge is -2.12. The fourth-order valence-corrected chi connectivity index (χ4v) is 4.73. The fraction of sp³-hybridized carbons (Fsp3) is 0.250. The van der Waals surface area contributed by atoms with Crippen molar-refractivity contribution in [3.05, 3.63) is 88.3 Å². The summed E-state index contributed by atoms with van der Waals surface area (Å²) < 4.78 is 48.5. The van der Waals surface area contributed by atoms with E-state index < -0.39 is 10.0 Å². The van der Waals surface area contributed by atoms with Crippen molar-refractivity contribution in [1.82, 2.24) is 15.0 Å². The summed E-state index contributed by atoms with van der Waals surface area (Å²) in [6.07, 6.45) is 1.84. The van der Waals surface area contributed by atoms with Crippen LogP contribution in [0.2, 0.25) is 0 Å². The van der Waals surface area contributed by atoms with Crippen LogP contribution in [0, 0.1) is 3.57 Å². The number of hydrogen-bond donors (Lipinski definition) is 3. The van der Waals surface area contributed by atoms with Crippen molar-refractivity contribution < 1.29 is 27.4 Å². The van der Waals surface area contributed by atoms with Gasteiger partial charge < -0.3 is 29.6 Å². The first kappa shape index (κ1) is 32.6. The summed E-state index contributed by atoms with van der Waals surface area (Å²) in [5.41, 5.74) is 1.98. The van der Waals surface area contributed by atoms with E-state index in [2.05, 4.69) is 43.5 Å². The maximum Gasteiger partial charge on any atom is 0.238 e. The number of hydrogen-bond acceptors (Lipinski definition) is 9. The Morgan fingerprint density at radius 1 is 0.860 bits per heavy atom. The number of thiocarbonyl (C=S) groups is 1. The van der Waals surface area contributed by atoms with Crippen molar-refractivity contribution in [2.45, 2.75) is 18.0 Å². The summed E-state index contributed by atoms with van der Waals surface area (Å²) in [7, 11) is -3.80. The Labute approximate surface area is 269 Å². The van der Waals surface area contributed by atoms with E-state index in [9.17, 15) is 8.42 Å². The predicted octanol–water partition coefficient (Wildman–Crippen LogP) is 4.03. The van der Waals surface area contributed by atoms with Crippen LogP contribution in [0.15, 0.2) is 83.9 Å². The summed E-state index contributed by atoms with van der Waals surface area (Å²) in [4.78, 5) is -0.00326. The van der Waals surface area contributed by atoms with E-state index in [0.717, 1.165) is 20.7 Å². The van der Waals surface area contributed by atoms with Gasteiger partial charge in [-0.2, -0.15) is 0 Å². The first-order valence-electron chi connectivity index (χ1n) is 13.1. The number of aromatic nitrogens is 3. The van der Waals surface area contributed by atoms with Gasteiger partial charge in [0.25, 0.3) is 0 Å². The molecule has 3 aromatic carbocycles. The van der Waals surface area contributed by atoms with Gasteiger partial charge in [0.15, 0.2) is 5.11 Å². The lowest BCUT2D eigenvalue weighted by Crippen LogP contribution is -2.19. The van der Waals surface area contributed by atoms with E-state index in [-0.39, 0.29) is 4.90 Å². The first-order valence-corrected chi connectivity index (χ1v) is 16.1. The number of sulfonamides is 1. The zero-order valence-electron chi connectivity index (χ0n) is 23.0.